The summed E-state index contributed by atoms with van der Waals surface area (Å²) in [4.78, 5) is 34.2. The van der Waals surface area contributed by atoms with Crippen LogP contribution in [-0.2, 0) is 4.79 Å². The Labute approximate surface area is 96.2 Å². The molecule has 1 aliphatic rings. The number of nitro groups is 1. The molecule has 1 heterocycles. The molecule has 0 aromatic heterocycles. The Bertz CT molecular complexity index is 514. The van der Waals surface area contributed by atoms with E-state index in [1.54, 1.807) is 0 Å². The predicted octanol–water partition coefficient (Wildman–Crippen LogP) is 1.04. The molecule has 7 nitrogen and oxygen atoms in total. The summed E-state index contributed by atoms with van der Waals surface area (Å²) in [6.45, 7) is 1.52. The highest BCUT2D eigenvalue weighted by Crippen LogP contribution is 2.29. The number of nitrogens with one attached hydrogen (secondary N) is 1. The number of carbonyl (C=O) groups excluding carboxylic acids is 2. The van der Waals surface area contributed by atoms with E-state index in [-0.39, 0.29) is 11.4 Å². The van der Waals surface area contributed by atoms with Gasteiger partial charge in [0.2, 0.25) is 0 Å². The summed E-state index contributed by atoms with van der Waals surface area (Å²) >= 11 is 0. The maximum atomic E-state index is 11.7. The van der Waals surface area contributed by atoms with Gasteiger partial charge in [-0.3, -0.25) is 14.9 Å². The molecule has 3 amide bonds. The number of para-hydroxylation sites is 2. The molecule has 0 bridgehead atoms. The fraction of sp³-hybridized carbons (Fsp3) is 0.200. The van der Waals surface area contributed by atoms with Gasteiger partial charge < -0.3 is 5.32 Å². The monoisotopic (exact) mass is 235 g/mol. The van der Waals surface area contributed by atoms with Crippen LogP contribution in [0.4, 0.5) is 16.2 Å². The van der Waals surface area contributed by atoms with Crippen molar-refractivity contribution in [3.63, 3.8) is 0 Å². The van der Waals surface area contributed by atoms with Gasteiger partial charge in [-0.2, -0.15) is 0 Å². The Morgan fingerprint density at radius 3 is 2.53 bits per heavy atom. The first-order chi connectivity index (χ1) is 8.02. The third kappa shape index (κ3) is 1.71. The number of nitro benzene ring substituents is 1. The van der Waals surface area contributed by atoms with E-state index in [4.69, 9.17) is 0 Å². The minimum absolute atomic E-state index is 0.00986. The van der Waals surface area contributed by atoms with E-state index < -0.39 is 22.9 Å². The highest BCUT2D eigenvalue weighted by molar-refractivity contribution is 6.22. The van der Waals surface area contributed by atoms with Crippen molar-refractivity contribution in [2.75, 3.05) is 4.90 Å². The Morgan fingerprint density at radius 1 is 1.35 bits per heavy atom. The average molecular weight is 235 g/mol. The predicted molar refractivity (Wildman–Crippen MR) is 58.6 cm³/mol. The Hall–Kier alpha value is -2.44. The molecule has 0 saturated carbocycles. The van der Waals surface area contributed by atoms with Crippen molar-refractivity contribution in [3.8, 4) is 0 Å². The second-order valence-electron chi connectivity index (χ2n) is 3.59. The highest BCUT2D eigenvalue weighted by atomic mass is 16.6. The Morgan fingerprint density at radius 2 is 2.00 bits per heavy atom. The topological polar surface area (TPSA) is 92.6 Å². The van der Waals surface area contributed by atoms with Gasteiger partial charge in [0.15, 0.2) is 0 Å². The zero-order valence-electron chi connectivity index (χ0n) is 8.91. The van der Waals surface area contributed by atoms with Crippen LogP contribution in [0.5, 0.6) is 0 Å². The molecule has 1 N–H and O–H groups in total. The molecule has 1 aromatic rings. The summed E-state index contributed by atoms with van der Waals surface area (Å²) in [6, 6.07) is 4.32. The molecule has 1 saturated heterocycles. The molecule has 1 aliphatic heterocycles. The van der Waals surface area contributed by atoms with Crippen LogP contribution in [-0.4, -0.2) is 22.9 Å². The van der Waals surface area contributed by atoms with Crippen LogP contribution < -0.4 is 10.2 Å². The largest absolute Gasteiger partial charge is 0.329 e. The van der Waals surface area contributed by atoms with Crippen molar-refractivity contribution in [2.24, 2.45) is 0 Å². The molecule has 7 heteroatoms. The number of benzene rings is 1. The second-order valence-corrected chi connectivity index (χ2v) is 3.59. The highest BCUT2D eigenvalue weighted by Gasteiger charge is 2.39. The zero-order valence-corrected chi connectivity index (χ0v) is 8.91. The first kappa shape index (κ1) is 11.1. The van der Waals surface area contributed by atoms with Crippen molar-refractivity contribution >= 4 is 23.3 Å². The molecule has 0 radical (unpaired) electrons. The molecule has 1 unspecified atom stereocenters. The lowest BCUT2D eigenvalue weighted by Gasteiger charge is -2.12. The fourth-order valence-electron chi connectivity index (χ4n) is 1.64. The van der Waals surface area contributed by atoms with Gasteiger partial charge in [-0.1, -0.05) is 12.1 Å². The van der Waals surface area contributed by atoms with E-state index in [1.165, 1.54) is 31.2 Å². The third-order valence-electron chi connectivity index (χ3n) is 2.45. The van der Waals surface area contributed by atoms with E-state index in [9.17, 15) is 19.7 Å². The zero-order chi connectivity index (χ0) is 12.6. The number of carbonyl (C=O) groups is 2. The third-order valence-corrected chi connectivity index (χ3v) is 2.45. The number of hydrogen-bond donors (Lipinski definition) is 1. The summed E-state index contributed by atoms with van der Waals surface area (Å²) in [5.41, 5.74) is -0.283. The Kier molecular flexibility index (Phi) is 2.51. The number of anilines is 1. The first-order valence-electron chi connectivity index (χ1n) is 4.90. The van der Waals surface area contributed by atoms with Crippen LogP contribution in [0.3, 0.4) is 0 Å². The quantitative estimate of drug-likeness (QED) is 0.471. The molecule has 88 valence electrons. The number of nitrogens with zero attached hydrogens (tertiary/aromatic N) is 2. The second kappa shape index (κ2) is 3.85. The molecule has 1 aromatic carbocycles. The maximum absolute atomic E-state index is 11.7. The lowest BCUT2D eigenvalue weighted by molar-refractivity contribution is -0.384. The molecule has 1 fully saturated rings. The summed E-state index contributed by atoms with van der Waals surface area (Å²) in [6.07, 6.45) is 0. The smallest absolute Gasteiger partial charge is 0.326 e. The molecular formula is C10H9N3O4. The van der Waals surface area contributed by atoms with Crippen LogP contribution in [0, 0.1) is 10.1 Å². The fourth-order valence-corrected chi connectivity index (χ4v) is 1.64. The summed E-state index contributed by atoms with van der Waals surface area (Å²) in [7, 11) is 0. The Balaban J connectivity index is 2.51. The van der Waals surface area contributed by atoms with Crippen LogP contribution in [0.25, 0.3) is 0 Å². The molecule has 2 rings (SSSR count). The van der Waals surface area contributed by atoms with Gasteiger partial charge in [0, 0.05) is 6.07 Å². The molecule has 0 spiro atoms. The van der Waals surface area contributed by atoms with E-state index in [0.29, 0.717) is 0 Å². The normalized spacial score (nSPS) is 19.4. The van der Waals surface area contributed by atoms with E-state index >= 15 is 0 Å². The molecule has 1 atom stereocenters. The summed E-state index contributed by atoms with van der Waals surface area (Å²) < 4.78 is 0. The minimum Gasteiger partial charge on any atom is -0.326 e. The van der Waals surface area contributed by atoms with Crippen LogP contribution in [0.15, 0.2) is 24.3 Å². The van der Waals surface area contributed by atoms with E-state index in [2.05, 4.69) is 5.32 Å². The van der Waals surface area contributed by atoms with Crippen LogP contribution in [0.2, 0.25) is 0 Å². The van der Waals surface area contributed by atoms with Gasteiger partial charge in [-0.05, 0) is 13.0 Å². The van der Waals surface area contributed by atoms with Crippen LogP contribution in [0.1, 0.15) is 6.92 Å². The average Bonchev–Trinajstić information content (AvgIpc) is 2.53. The van der Waals surface area contributed by atoms with Crippen molar-refractivity contribution in [1.29, 1.82) is 0 Å². The standard InChI is InChI=1S/C10H9N3O4/c1-6-9(14)12(10(15)11-6)7-4-2-3-5-8(7)13(16)17/h2-6H,1H3,(H,11,15). The number of rotatable bonds is 2. The summed E-state index contributed by atoms with van der Waals surface area (Å²) in [5.74, 6) is -0.496. The minimum atomic E-state index is -0.665. The number of amides is 3. The number of hydrogen-bond acceptors (Lipinski definition) is 4. The van der Waals surface area contributed by atoms with Gasteiger partial charge in [0.25, 0.3) is 11.6 Å². The van der Waals surface area contributed by atoms with Crippen molar-refractivity contribution in [1.82, 2.24) is 5.32 Å². The number of urea groups is 1. The molecule has 0 aliphatic carbocycles. The van der Waals surface area contributed by atoms with Crippen molar-refractivity contribution in [2.45, 2.75) is 13.0 Å². The maximum Gasteiger partial charge on any atom is 0.329 e. The molecular weight excluding hydrogens is 226 g/mol. The van der Waals surface area contributed by atoms with Crippen molar-refractivity contribution in [3.05, 3.63) is 34.4 Å². The van der Waals surface area contributed by atoms with Crippen LogP contribution >= 0.6 is 0 Å². The first-order valence-corrected chi connectivity index (χ1v) is 4.90. The van der Waals surface area contributed by atoms with E-state index in [1.807, 2.05) is 0 Å². The SMILES string of the molecule is CC1NC(=O)N(c2ccccc2[N+](=O)[O-])C1=O. The lowest BCUT2D eigenvalue weighted by atomic mass is 10.2. The van der Waals surface area contributed by atoms with Gasteiger partial charge in [-0.25, -0.2) is 9.69 Å². The van der Waals surface area contributed by atoms with E-state index in [0.717, 1.165) is 4.90 Å². The lowest BCUT2D eigenvalue weighted by Crippen LogP contribution is -2.31. The van der Waals surface area contributed by atoms with Gasteiger partial charge in [-0.15, -0.1) is 0 Å². The van der Waals surface area contributed by atoms with Gasteiger partial charge in [0.1, 0.15) is 11.7 Å². The van der Waals surface area contributed by atoms with Gasteiger partial charge in [0.05, 0.1) is 4.92 Å². The van der Waals surface area contributed by atoms with Crippen molar-refractivity contribution < 1.29 is 14.5 Å². The summed E-state index contributed by atoms with van der Waals surface area (Å²) in [5, 5.41) is 13.2. The molecule has 17 heavy (non-hydrogen) atoms. The van der Waals surface area contributed by atoms with Gasteiger partial charge >= 0.3 is 6.03 Å². The number of imide groups is 1.